The van der Waals surface area contributed by atoms with Crippen molar-refractivity contribution in [3.8, 4) is 0 Å². The number of alkyl halides is 1. The van der Waals surface area contributed by atoms with Crippen LogP contribution in [0.4, 0.5) is 5.69 Å². The molecule has 1 amide bonds. The number of carbonyl (C=O) groups is 1. The average Bonchev–Trinajstić information content (AvgIpc) is 2.15. The van der Waals surface area contributed by atoms with E-state index in [1.807, 2.05) is 0 Å². The minimum Gasteiger partial charge on any atom is -0.325 e. The Kier molecular flexibility index (Phi) is 3.99. The number of hydrogen-bond donors (Lipinski definition) is 1. The van der Waals surface area contributed by atoms with Crippen LogP contribution in [0.25, 0.3) is 0 Å². The Morgan fingerprint density at radius 1 is 1.24 bits per heavy atom. The molecule has 0 aliphatic rings. The van der Waals surface area contributed by atoms with Gasteiger partial charge in [-0.25, -0.2) is 8.42 Å². The van der Waals surface area contributed by atoms with E-state index in [1.54, 1.807) is 26.0 Å². The summed E-state index contributed by atoms with van der Waals surface area (Å²) in [6.45, 7) is 3.46. The van der Waals surface area contributed by atoms with Gasteiger partial charge in [0.25, 0.3) is 0 Å². The van der Waals surface area contributed by atoms with E-state index in [1.165, 1.54) is 12.1 Å². The summed E-state index contributed by atoms with van der Waals surface area (Å²) in [5.74, 6) is -0.190. The highest BCUT2D eigenvalue weighted by atomic mass is 79.9. The van der Waals surface area contributed by atoms with Crippen LogP contribution in [0.3, 0.4) is 0 Å². The van der Waals surface area contributed by atoms with Crippen LogP contribution in [-0.2, 0) is 14.6 Å². The summed E-state index contributed by atoms with van der Waals surface area (Å²) in [6, 6.07) is 6.05. The van der Waals surface area contributed by atoms with Gasteiger partial charge in [-0.2, -0.15) is 0 Å². The lowest BCUT2D eigenvalue weighted by Crippen LogP contribution is -2.30. The number of benzene rings is 1. The topological polar surface area (TPSA) is 63.2 Å². The molecule has 0 fully saturated rings. The van der Waals surface area contributed by atoms with Crippen molar-refractivity contribution < 1.29 is 13.2 Å². The van der Waals surface area contributed by atoms with Crippen LogP contribution in [0.2, 0.25) is 0 Å². The molecule has 4 nitrogen and oxygen atoms in total. The number of hydrogen-bond acceptors (Lipinski definition) is 3. The lowest BCUT2D eigenvalue weighted by molar-refractivity contribution is -0.117. The largest absolute Gasteiger partial charge is 0.325 e. The molecule has 1 N–H and O–H groups in total. The summed E-state index contributed by atoms with van der Waals surface area (Å²) in [6.07, 6.45) is 1.14. The van der Waals surface area contributed by atoms with Gasteiger partial charge in [0.2, 0.25) is 5.91 Å². The zero-order chi connectivity index (χ0) is 13.3. The van der Waals surface area contributed by atoms with E-state index in [0.29, 0.717) is 5.69 Å². The zero-order valence-electron chi connectivity index (χ0n) is 9.82. The van der Waals surface area contributed by atoms with Crippen LogP contribution in [-0.4, -0.2) is 24.9 Å². The van der Waals surface area contributed by atoms with E-state index in [0.717, 1.165) is 6.26 Å². The minimum absolute atomic E-state index is 0.190. The molecule has 0 aliphatic heterocycles. The molecule has 0 saturated heterocycles. The first-order valence-electron chi connectivity index (χ1n) is 4.91. The van der Waals surface area contributed by atoms with E-state index in [4.69, 9.17) is 0 Å². The maximum atomic E-state index is 11.6. The van der Waals surface area contributed by atoms with Crippen molar-refractivity contribution in [2.45, 2.75) is 23.1 Å². The lowest BCUT2D eigenvalue weighted by atomic mass is 10.2. The second-order valence-electron chi connectivity index (χ2n) is 4.22. The van der Waals surface area contributed by atoms with E-state index < -0.39 is 14.2 Å². The summed E-state index contributed by atoms with van der Waals surface area (Å²) in [5, 5.41) is 2.68. The second-order valence-corrected chi connectivity index (χ2v) is 8.22. The number of amides is 1. The fourth-order valence-electron chi connectivity index (χ4n) is 1.07. The molecule has 0 aliphatic carbocycles. The third kappa shape index (κ3) is 4.12. The number of sulfone groups is 1. The van der Waals surface area contributed by atoms with Crippen LogP contribution >= 0.6 is 15.9 Å². The first kappa shape index (κ1) is 14.2. The maximum absolute atomic E-state index is 11.6. The standard InChI is InChI=1S/C11H14BrNO3S/c1-11(2,12)10(14)13-8-4-6-9(7-5-8)17(3,15)16/h4-7H,1-3H3,(H,13,14). The highest BCUT2D eigenvalue weighted by Crippen LogP contribution is 2.20. The van der Waals surface area contributed by atoms with Crippen LogP contribution in [0, 0.1) is 0 Å². The maximum Gasteiger partial charge on any atom is 0.240 e. The molecule has 94 valence electrons. The molecule has 0 bridgehead atoms. The van der Waals surface area contributed by atoms with Crippen molar-refractivity contribution >= 4 is 37.4 Å². The lowest BCUT2D eigenvalue weighted by Gasteiger charge is -2.15. The predicted molar refractivity (Wildman–Crippen MR) is 71.2 cm³/mol. The van der Waals surface area contributed by atoms with Gasteiger partial charge >= 0.3 is 0 Å². The molecule has 6 heteroatoms. The van der Waals surface area contributed by atoms with Crippen LogP contribution in [0.1, 0.15) is 13.8 Å². The van der Waals surface area contributed by atoms with Crippen molar-refractivity contribution in [1.82, 2.24) is 0 Å². The molecular weight excluding hydrogens is 306 g/mol. The Morgan fingerprint density at radius 2 is 1.71 bits per heavy atom. The van der Waals surface area contributed by atoms with Crippen molar-refractivity contribution in [2.24, 2.45) is 0 Å². The van der Waals surface area contributed by atoms with E-state index in [9.17, 15) is 13.2 Å². The molecule has 0 unspecified atom stereocenters. The SMILES string of the molecule is CC(C)(Br)C(=O)Nc1ccc(S(C)(=O)=O)cc1. The Balaban J connectivity index is 2.87. The molecule has 17 heavy (non-hydrogen) atoms. The predicted octanol–water partition coefficient (Wildman–Crippen LogP) is 2.20. The minimum atomic E-state index is -3.20. The summed E-state index contributed by atoms with van der Waals surface area (Å²) in [7, 11) is -3.20. The molecule has 1 rings (SSSR count). The number of halogens is 1. The molecule has 0 aromatic heterocycles. The summed E-state index contributed by atoms with van der Waals surface area (Å²) in [4.78, 5) is 11.9. The number of carbonyl (C=O) groups excluding carboxylic acids is 1. The van der Waals surface area contributed by atoms with Crippen molar-refractivity contribution in [3.63, 3.8) is 0 Å². The molecule has 0 radical (unpaired) electrons. The zero-order valence-corrected chi connectivity index (χ0v) is 12.2. The monoisotopic (exact) mass is 319 g/mol. The quantitative estimate of drug-likeness (QED) is 0.869. The van der Waals surface area contributed by atoms with Crippen LogP contribution in [0.5, 0.6) is 0 Å². The van der Waals surface area contributed by atoms with Gasteiger partial charge in [0, 0.05) is 11.9 Å². The van der Waals surface area contributed by atoms with Gasteiger partial charge in [-0.05, 0) is 38.1 Å². The summed E-state index contributed by atoms with van der Waals surface area (Å²) >= 11 is 3.24. The molecule has 0 saturated carbocycles. The third-order valence-corrected chi connectivity index (χ3v) is 3.57. The third-order valence-electron chi connectivity index (χ3n) is 2.08. The number of nitrogens with one attached hydrogen (secondary N) is 1. The van der Waals surface area contributed by atoms with Crippen LogP contribution < -0.4 is 5.32 Å². The fourth-order valence-corrected chi connectivity index (χ4v) is 1.79. The first-order valence-corrected chi connectivity index (χ1v) is 7.59. The first-order chi connectivity index (χ1) is 7.60. The van der Waals surface area contributed by atoms with Gasteiger partial charge in [0.05, 0.1) is 9.22 Å². The number of rotatable bonds is 3. The Bertz CT molecular complexity index is 515. The highest BCUT2D eigenvalue weighted by Gasteiger charge is 2.23. The van der Waals surface area contributed by atoms with Gasteiger partial charge in [0.15, 0.2) is 9.84 Å². The number of anilines is 1. The summed E-state index contributed by atoms with van der Waals surface area (Å²) < 4.78 is 21.8. The van der Waals surface area contributed by atoms with Gasteiger partial charge in [-0.15, -0.1) is 0 Å². The Morgan fingerprint density at radius 3 is 2.06 bits per heavy atom. The molecule has 1 aromatic rings. The van der Waals surface area contributed by atoms with E-state index in [2.05, 4.69) is 21.2 Å². The average molecular weight is 320 g/mol. The molecule has 0 atom stereocenters. The molecular formula is C11H14BrNO3S. The molecule has 1 aromatic carbocycles. The molecule has 0 heterocycles. The van der Waals surface area contributed by atoms with Gasteiger partial charge in [-0.3, -0.25) is 4.79 Å². The Hall–Kier alpha value is -0.880. The normalized spacial score (nSPS) is 12.2. The Labute approximate surface area is 109 Å². The van der Waals surface area contributed by atoms with E-state index in [-0.39, 0.29) is 10.8 Å². The second kappa shape index (κ2) is 4.78. The van der Waals surface area contributed by atoms with Gasteiger partial charge in [-0.1, -0.05) is 15.9 Å². The van der Waals surface area contributed by atoms with E-state index >= 15 is 0 Å². The van der Waals surface area contributed by atoms with Gasteiger partial charge in [0.1, 0.15) is 0 Å². The fraction of sp³-hybridized carbons (Fsp3) is 0.364. The smallest absolute Gasteiger partial charge is 0.240 e. The molecule has 0 spiro atoms. The highest BCUT2D eigenvalue weighted by molar-refractivity contribution is 9.10. The van der Waals surface area contributed by atoms with Gasteiger partial charge < -0.3 is 5.32 Å². The van der Waals surface area contributed by atoms with Crippen molar-refractivity contribution in [2.75, 3.05) is 11.6 Å². The van der Waals surface area contributed by atoms with Crippen molar-refractivity contribution in [3.05, 3.63) is 24.3 Å². The van der Waals surface area contributed by atoms with Crippen LogP contribution in [0.15, 0.2) is 29.2 Å². The summed E-state index contributed by atoms with van der Waals surface area (Å²) in [5.41, 5.74) is 0.565. The van der Waals surface area contributed by atoms with Crippen molar-refractivity contribution in [1.29, 1.82) is 0 Å².